The number of rotatable bonds is 4. The molecule has 4 aromatic rings. The van der Waals surface area contributed by atoms with Gasteiger partial charge in [0.1, 0.15) is 4.70 Å². The number of para-hydroxylation sites is 1. The summed E-state index contributed by atoms with van der Waals surface area (Å²) in [6.07, 6.45) is 0. The maximum atomic E-state index is 2.43. The molecule has 0 saturated carbocycles. The third-order valence-electron chi connectivity index (χ3n) is 4.42. The van der Waals surface area contributed by atoms with Gasteiger partial charge in [0.15, 0.2) is 6.54 Å². The van der Waals surface area contributed by atoms with Gasteiger partial charge in [0.05, 0.1) is 5.56 Å². The smallest absolute Gasteiger partial charge is 0.270 e. The van der Waals surface area contributed by atoms with Gasteiger partial charge in [0.25, 0.3) is 5.01 Å². The van der Waals surface area contributed by atoms with Crippen LogP contribution in [0.1, 0.15) is 5.56 Å². The van der Waals surface area contributed by atoms with Gasteiger partial charge in [-0.2, -0.15) is 4.57 Å². The van der Waals surface area contributed by atoms with Crippen molar-refractivity contribution in [1.82, 2.24) is 0 Å². The Kier molecular flexibility index (Phi) is 5.60. The average molecular weight is 381 g/mol. The van der Waals surface area contributed by atoms with E-state index in [1.807, 2.05) is 11.3 Å². The minimum atomic E-state index is 0. The minimum absolute atomic E-state index is 0. The molecule has 4 rings (SSSR count). The Labute approximate surface area is 164 Å². The van der Waals surface area contributed by atoms with Gasteiger partial charge in [-0.1, -0.05) is 53.8 Å². The molecule has 0 aliphatic carbocycles. The van der Waals surface area contributed by atoms with Gasteiger partial charge in [-0.3, -0.25) is 0 Å². The zero-order chi connectivity index (χ0) is 17.2. The molecule has 0 saturated heterocycles. The highest BCUT2D eigenvalue weighted by molar-refractivity contribution is 7.21. The fourth-order valence-electron chi connectivity index (χ4n) is 3.07. The lowest BCUT2D eigenvalue weighted by Gasteiger charge is -2.11. The lowest BCUT2D eigenvalue weighted by molar-refractivity contribution is -0.647. The van der Waals surface area contributed by atoms with E-state index in [4.69, 9.17) is 0 Å². The second-order valence-electron chi connectivity index (χ2n) is 6.39. The quantitative estimate of drug-likeness (QED) is 0.491. The number of fused-ring (bicyclic) bond motifs is 1. The molecule has 2 nitrogen and oxygen atoms in total. The topological polar surface area (TPSA) is 7.12 Å². The summed E-state index contributed by atoms with van der Waals surface area (Å²) in [6.45, 7) is 0.885. The van der Waals surface area contributed by atoms with Gasteiger partial charge in [0, 0.05) is 31.4 Å². The Bertz CT molecular complexity index is 992. The number of aromatic nitrogens is 1. The Morgan fingerprint density at radius 1 is 0.808 bits per heavy atom. The highest BCUT2D eigenvalue weighted by atomic mass is 35.5. The van der Waals surface area contributed by atoms with Crippen molar-refractivity contribution in [1.29, 1.82) is 0 Å². The van der Waals surface area contributed by atoms with Crippen LogP contribution in [0, 0.1) is 0 Å². The molecule has 0 radical (unpaired) electrons. The molecule has 0 aliphatic heterocycles. The normalized spacial score (nSPS) is 10.5. The Balaban J connectivity index is 0.00000196. The molecule has 132 valence electrons. The van der Waals surface area contributed by atoms with Gasteiger partial charge < -0.3 is 17.3 Å². The molecule has 0 unspecified atom stereocenters. The van der Waals surface area contributed by atoms with Crippen LogP contribution in [0.15, 0.2) is 78.9 Å². The van der Waals surface area contributed by atoms with Crippen molar-refractivity contribution in [3.05, 3.63) is 84.4 Å². The van der Waals surface area contributed by atoms with Crippen LogP contribution in [-0.2, 0) is 6.54 Å². The van der Waals surface area contributed by atoms with Crippen LogP contribution in [0.2, 0.25) is 0 Å². The van der Waals surface area contributed by atoms with Crippen molar-refractivity contribution in [2.75, 3.05) is 19.0 Å². The van der Waals surface area contributed by atoms with Crippen molar-refractivity contribution in [2.45, 2.75) is 6.54 Å². The lowest BCUT2D eigenvalue weighted by atomic mass is 10.2. The summed E-state index contributed by atoms with van der Waals surface area (Å²) in [7, 11) is 4.15. The van der Waals surface area contributed by atoms with E-state index in [0.717, 1.165) is 6.54 Å². The van der Waals surface area contributed by atoms with E-state index in [1.54, 1.807) is 0 Å². The van der Waals surface area contributed by atoms with Crippen LogP contribution in [-0.4, -0.2) is 14.1 Å². The molecule has 3 aromatic carbocycles. The predicted octanol–water partition coefficient (Wildman–Crippen LogP) is 1.97. The first-order valence-corrected chi connectivity index (χ1v) is 9.27. The Morgan fingerprint density at radius 3 is 2.15 bits per heavy atom. The number of anilines is 1. The summed E-state index contributed by atoms with van der Waals surface area (Å²) in [5, 5.41) is 1.30. The van der Waals surface area contributed by atoms with Crippen LogP contribution in [0.25, 0.3) is 20.8 Å². The monoisotopic (exact) mass is 380 g/mol. The number of benzene rings is 3. The maximum Gasteiger partial charge on any atom is 0.270 e. The van der Waals surface area contributed by atoms with E-state index in [9.17, 15) is 0 Å². The molecule has 26 heavy (non-hydrogen) atoms. The molecule has 0 aliphatic rings. The lowest BCUT2D eigenvalue weighted by Crippen LogP contribution is -3.00. The van der Waals surface area contributed by atoms with E-state index >= 15 is 0 Å². The van der Waals surface area contributed by atoms with Gasteiger partial charge in [-0.15, -0.1) is 0 Å². The molecule has 0 bridgehead atoms. The van der Waals surface area contributed by atoms with Gasteiger partial charge >= 0.3 is 0 Å². The summed E-state index contributed by atoms with van der Waals surface area (Å²) < 4.78 is 3.75. The zero-order valence-electron chi connectivity index (χ0n) is 14.9. The Hall–Kier alpha value is -2.36. The average Bonchev–Trinajstić information content (AvgIpc) is 3.01. The van der Waals surface area contributed by atoms with Gasteiger partial charge in [-0.05, 0) is 30.3 Å². The van der Waals surface area contributed by atoms with E-state index in [2.05, 4.69) is 102 Å². The first kappa shape index (κ1) is 18.4. The first-order valence-electron chi connectivity index (χ1n) is 8.45. The number of halogens is 1. The van der Waals surface area contributed by atoms with Crippen molar-refractivity contribution < 1.29 is 17.0 Å². The van der Waals surface area contributed by atoms with E-state index in [0.29, 0.717) is 0 Å². The van der Waals surface area contributed by atoms with Crippen LogP contribution in [0.5, 0.6) is 0 Å². The first-order chi connectivity index (χ1) is 12.2. The summed E-state index contributed by atoms with van der Waals surface area (Å²) in [5.74, 6) is 0. The zero-order valence-corrected chi connectivity index (χ0v) is 16.5. The minimum Gasteiger partial charge on any atom is -1.00 e. The van der Waals surface area contributed by atoms with Crippen molar-refractivity contribution in [3.63, 3.8) is 0 Å². The summed E-state index contributed by atoms with van der Waals surface area (Å²) in [6, 6.07) is 28.2. The van der Waals surface area contributed by atoms with E-state index in [1.165, 1.54) is 32.0 Å². The molecule has 4 heteroatoms. The summed E-state index contributed by atoms with van der Waals surface area (Å²) >= 11 is 1.86. The molecule has 0 fully saturated rings. The molecule has 1 aromatic heterocycles. The second-order valence-corrected chi connectivity index (χ2v) is 7.42. The molecular weight excluding hydrogens is 360 g/mol. The molecule has 0 amide bonds. The van der Waals surface area contributed by atoms with Crippen molar-refractivity contribution >= 4 is 27.2 Å². The van der Waals surface area contributed by atoms with Gasteiger partial charge in [0.2, 0.25) is 5.52 Å². The third kappa shape index (κ3) is 3.59. The third-order valence-corrected chi connectivity index (χ3v) is 5.64. The second kappa shape index (κ2) is 7.90. The van der Waals surface area contributed by atoms with Crippen LogP contribution >= 0.6 is 11.3 Å². The van der Waals surface area contributed by atoms with Crippen LogP contribution in [0.4, 0.5) is 5.69 Å². The Morgan fingerprint density at radius 2 is 1.46 bits per heavy atom. The van der Waals surface area contributed by atoms with Gasteiger partial charge in [-0.25, -0.2) is 0 Å². The largest absolute Gasteiger partial charge is 1.00 e. The molecular formula is C22H21ClN2S. The summed E-state index contributed by atoms with van der Waals surface area (Å²) in [4.78, 5) is 2.13. The number of hydrogen-bond donors (Lipinski definition) is 0. The maximum absolute atomic E-state index is 2.43. The predicted molar refractivity (Wildman–Crippen MR) is 107 cm³/mol. The molecule has 0 N–H and O–H groups in total. The van der Waals surface area contributed by atoms with Crippen LogP contribution < -0.4 is 21.9 Å². The highest BCUT2D eigenvalue weighted by Gasteiger charge is 2.22. The highest BCUT2D eigenvalue weighted by Crippen LogP contribution is 2.30. The number of thiazole rings is 1. The number of nitrogens with zero attached hydrogens (tertiary/aromatic N) is 2. The number of hydrogen-bond acceptors (Lipinski definition) is 2. The fraction of sp³-hybridized carbons (Fsp3) is 0.136. The van der Waals surface area contributed by atoms with Crippen molar-refractivity contribution in [2.24, 2.45) is 0 Å². The van der Waals surface area contributed by atoms with E-state index in [-0.39, 0.29) is 12.4 Å². The van der Waals surface area contributed by atoms with Crippen molar-refractivity contribution in [3.8, 4) is 10.6 Å². The van der Waals surface area contributed by atoms with E-state index < -0.39 is 0 Å². The molecule has 0 atom stereocenters. The molecule has 1 heterocycles. The molecule has 0 spiro atoms. The van der Waals surface area contributed by atoms with Crippen LogP contribution in [0.3, 0.4) is 0 Å². The standard InChI is InChI=1S/C22H21N2S.ClH/c1-23(2)19-14-12-18(13-15-19)22-24(16-17-8-4-3-5-9-17)20-10-6-7-11-21(20)25-22;/h3-15H,16H2,1-2H3;1H/q+1;/p-1. The summed E-state index contributed by atoms with van der Waals surface area (Å²) in [5.41, 5.74) is 5.10. The fourth-order valence-corrected chi connectivity index (χ4v) is 4.24. The SMILES string of the molecule is CN(C)c1ccc(-c2sc3ccccc3[n+]2Cc2ccccc2)cc1.[Cl-].